The van der Waals surface area contributed by atoms with Crippen molar-refractivity contribution >= 4 is 12.2 Å². The molecule has 0 heterocycles. The topological polar surface area (TPSA) is 127 Å². The number of aldehydes is 1. The van der Waals surface area contributed by atoms with E-state index in [0.717, 1.165) is 0 Å². The number of carbonyl (C=O) groups is 2. The molecule has 0 unspecified atom stereocenters. The molecule has 17 heavy (non-hydrogen) atoms. The van der Waals surface area contributed by atoms with Crippen LogP contribution < -0.4 is 5.32 Å². The third-order valence-electron chi connectivity index (χ3n) is 2.18. The second-order valence-electron chi connectivity index (χ2n) is 4.00. The average molecular weight is 249 g/mol. The summed E-state index contributed by atoms with van der Waals surface area (Å²) in [5.41, 5.74) is 0. The third kappa shape index (κ3) is 5.73. The molecule has 0 aromatic heterocycles. The van der Waals surface area contributed by atoms with Crippen LogP contribution in [-0.4, -0.2) is 63.1 Å². The van der Waals surface area contributed by atoms with Crippen molar-refractivity contribution in [1.82, 2.24) is 5.32 Å². The van der Waals surface area contributed by atoms with Gasteiger partial charge in [0.05, 0.1) is 24.7 Å². The van der Waals surface area contributed by atoms with Gasteiger partial charge in [0, 0.05) is 0 Å². The molecule has 0 saturated heterocycles. The van der Waals surface area contributed by atoms with Gasteiger partial charge in [-0.2, -0.15) is 0 Å². The Kier molecular flexibility index (Phi) is 6.89. The SMILES string of the molecule is C[C@H](O)CC(=O)N[C@@H]([C@H](O)[C@@H](C)O)[C@@H](O)C=O. The van der Waals surface area contributed by atoms with Crippen LogP contribution in [0.15, 0.2) is 0 Å². The van der Waals surface area contributed by atoms with Gasteiger partial charge in [0.1, 0.15) is 12.2 Å². The molecule has 7 nitrogen and oxygen atoms in total. The first-order chi connectivity index (χ1) is 7.79. The minimum atomic E-state index is -1.63. The van der Waals surface area contributed by atoms with Gasteiger partial charge >= 0.3 is 0 Å². The maximum Gasteiger partial charge on any atom is 0.223 e. The van der Waals surface area contributed by atoms with Crippen LogP contribution in [0.2, 0.25) is 0 Å². The van der Waals surface area contributed by atoms with E-state index in [4.69, 9.17) is 10.2 Å². The zero-order valence-electron chi connectivity index (χ0n) is 9.78. The Morgan fingerprint density at radius 3 is 2.12 bits per heavy atom. The molecule has 0 aliphatic rings. The summed E-state index contributed by atoms with van der Waals surface area (Å²) >= 11 is 0. The maximum atomic E-state index is 11.3. The van der Waals surface area contributed by atoms with Crippen LogP contribution in [0, 0.1) is 0 Å². The van der Waals surface area contributed by atoms with E-state index >= 15 is 0 Å². The highest BCUT2D eigenvalue weighted by Gasteiger charge is 2.31. The maximum absolute atomic E-state index is 11.3. The van der Waals surface area contributed by atoms with E-state index in [1.165, 1.54) is 13.8 Å². The first kappa shape index (κ1) is 16.0. The first-order valence-electron chi connectivity index (χ1n) is 5.26. The van der Waals surface area contributed by atoms with Gasteiger partial charge in [-0.05, 0) is 13.8 Å². The first-order valence-corrected chi connectivity index (χ1v) is 5.26. The molecule has 0 fully saturated rings. The Labute approximate surface area is 99.1 Å². The number of carbonyl (C=O) groups excluding carboxylic acids is 2. The smallest absolute Gasteiger partial charge is 0.223 e. The van der Waals surface area contributed by atoms with Gasteiger partial charge in [-0.3, -0.25) is 4.79 Å². The number of hydrogen-bond acceptors (Lipinski definition) is 6. The summed E-state index contributed by atoms with van der Waals surface area (Å²) in [5, 5.41) is 39.1. The molecule has 0 aromatic carbocycles. The van der Waals surface area contributed by atoms with Gasteiger partial charge in [0.25, 0.3) is 0 Å². The molecule has 0 aliphatic carbocycles. The summed E-state index contributed by atoms with van der Waals surface area (Å²) in [6.45, 7) is 2.66. The lowest BCUT2D eigenvalue weighted by Crippen LogP contribution is -2.55. The van der Waals surface area contributed by atoms with Gasteiger partial charge in [0.15, 0.2) is 6.29 Å². The van der Waals surface area contributed by atoms with E-state index in [0.29, 0.717) is 0 Å². The Hall–Kier alpha value is -1.02. The lowest BCUT2D eigenvalue weighted by atomic mass is 10.0. The van der Waals surface area contributed by atoms with Gasteiger partial charge < -0.3 is 30.5 Å². The van der Waals surface area contributed by atoms with E-state index in [2.05, 4.69) is 5.32 Å². The predicted octanol–water partition coefficient (Wildman–Crippen LogP) is -2.46. The van der Waals surface area contributed by atoms with Crippen LogP contribution in [0.3, 0.4) is 0 Å². The van der Waals surface area contributed by atoms with E-state index < -0.39 is 36.4 Å². The van der Waals surface area contributed by atoms with Crippen LogP contribution in [0.5, 0.6) is 0 Å². The Morgan fingerprint density at radius 2 is 1.76 bits per heavy atom. The van der Waals surface area contributed by atoms with E-state index in [1.807, 2.05) is 0 Å². The van der Waals surface area contributed by atoms with Crippen molar-refractivity contribution in [1.29, 1.82) is 0 Å². The van der Waals surface area contributed by atoms with Crippen molar-refractivity contribution in [3.8, 4) is 0 Å². The highest BCUT2D eigenvalue weighted by molar-refractivity contribution is 5.77. The molecule has 5 atom stereocenters. The third-order valence-corrected chi connectivity index (χ3v) is 2.18. The molecule has 100 valence electrons. The van der Waals surface area contributed by atoms with E-state index in [9.17, 15) is 19.8 Å². The highest BCUT2D eigenvalue weighted by Crippen LogP contribution is 2.05. The number of hydrogen-bond donors (Lipinski definition) is 5. The van der Waals surface area contributed by atoms with Crippen LogP contribution in [0.4, 0.5) is 0 Å². The predicted molar refractivity (Wildman–Crippen MR) is 58.0 cm³/mol. The summed E-state index contributed by atoms with van der Waals surface area (Å²) < 4.78 is 0. The van der Waals surface area contributed by atoms with Crippen LogP contribution in [-0.2, 0) is 9.59 Å². The van der Waals surface area contributed by atoms with E-state index in [1.54, 1.807) is 0 Å². The van der Waals surface area contributed by atoms with Crippen molar-refractivity contribution in [3.05, 3.63) is 0 Å². The molecule has 0 aliphatic heterocycles. The minimum absolute atomic E-state index is 0.152. The number of amides is 1. The van der Waals surface area contributed by atoms with Crippen molar-refractivity contribution in [2.24, 2.45) is 0 Å². The van der Waals surface area contributed by atoms with Crippen molar-refractivity contribution in [2.75, 3.05) is 0 Å². The standard InChI is InChI=1S/C10H19NO6/c1-5(13)3-8(16)11-9(7(15)4-12)10(17)6(2)14/h4-7,9-10,13-15,17H,3H2,1-2H3,(H,11,16)/t5-,6+,7-,9+,10+/m0/s1. The number of nitrogens with one attached hydrogen (secondary N) is 1. The second-order valence-corrected chi connectivity index (χ2v) is 4.00. The fourth-order valence-corrected chi connectivity index (χ4v) is 1.27. The van der Waals surface area contributed by atoms with Gasteiger partial charge in [-0.1, -0.05) is 0 Å². The quantitative estimate of drug-likeness (QED) is 0.319. The summed E-state index contributed by atoms with van der Waals surface area (Å²) in [6, 6.07) is -1.31. The normalized spacial score (nSPS) is 19.9. The Balaban J connectivity index is 4.59. The minimum Gasteiger partial charge on any atom is -0.393 e. The summed E-state index contributed by atoms with van der Waals surface area (Å²) in [6.07, 6.45) is -5.28. The Morgan fingerprint density at radius 1 is 1.24 bits per heavy atom. The molecular weight excluding hydrogens is 230 g/mol. The summed E-state index contributed by atoms with van der Waals surface area (Å²) in [7, 11) is 0. The van der Waals surface area contributed by atoms with E-state index in [-0.39, 0.29) is 12.7 Å². The second kappa shape index (κ2) is 7.33. The molecular formula is C10H19NO6. The lowest BCUT2D eigenvalue weighted by Gasteiger charge is -2.27. The molecule has 0 radical (unpaired) electrons. The number of aliphatic hydroxyl groups excluding tert-OH is 4. The molecule has 5 N–H and O–H groups in total. The summed E-state index contributed by atoms with van der Waals surface area (Å²) in [4.78, 5) is 21.8. The van der Waals surface area contributed by atoms with Crippen molar-refractivity contribution < 1.29 is 30.0 Å². The van der Waals surface area contributed by atoms with Crippen LogP contribution >= 0.6 is 0 Å². The molecule has 7 heteroatoms. The highest BCUT2D eigenvalue weighted by atomic mass is 16.3. The lowest BCUT2D eigenvalue weighted by molar-refractivity contribution is -0.129. The van der Waals surface area contributed by atoms with Crippen LogP contribution in [0.25, 0.3) is 0 Å². The fourth-order valence-electron chi connectivity index (χ4n) is 1.27. The molecule has 1 amide bonds. The van der Waals surface area contributed by atoms with Gasteiger partial charge in [-0.25, -0.2) is 0 Å². The number of aliphatic hydroxyl groups is 4. The van der Waals surface area contributed by atoms with Crippen molar-refractivity contribution in [2.45, 2.75) is 50.7 Å². The fraction of sp³-hybridized carbons (Fsp3) is 0.800. The summed E-state index contributed by atoms with van der Waals surface area (Å²) in [5.74, 6) is -0.634. The monoisotopic (exact) mass is 249 g/mol. The van der Waals surface area contributed by atoms with Crippen LogP contribution in [0.1, 0.15) is 20.3 Å². The van der Waals surface area contributed by atoms with Gasteiger partial charge in [0.2, 0.25) is 5.91 Å². The number of rotatable bonds is 7. The largest absolute Gasteiger partial charge is 0.393 e. The molecule has 0 bridgehead atoms. The molecule has 0 spiro atoms. The molecule has 0 saturated carbocycles. The Bertz CT molecular complexity index is 255. The average Bonchev–Trinajstić information content (AvgIpc) is 2.22. The molecule has 0 rings (SSSR count). The zero-order chi connectivity index (χ0) is 13.6. The van der Waals surface area contributed by atoms with Gasteiger partial charge in [-0.15, -0.1) is 0 Å². The van der Waals surface area contributed by atoms with Crippen molar-refractivity contribution in [3.63, 3.8) is 0 Å². The molecule has 0 aromatic rings. The zero-order valence-corrected chi connectivity index (χ0v) is 9.78.